The molecule has 0 aliphatic carbocycles. The van der Waals surface area contributed by atoms with E-state index in [-0.39, 0.29) is 11.6 Å². The molecule has 0 fully saturated rings. The van der Waals surface area contributed by atoms with Gasteiger partial charge >= 0.3 is 0 Å². The summed E-state index contributed by atoms with van der Waals surface area (Å²) in [6.45, 7) is 5.65. The van der Waals surface area contributed by atoms with Crippen molar-refractivity contribution < 1.29 is 13.6 Å². The highest BCUT2D eigenvalue weighted by atomic mass is 19.1. The Hall–Kier alpha value is -3.35. The van der Waals surface area contributed by atoms with Crippen LogP contribution < -0.4 is 10.6 Å². The van der Waals surface area contributed by atoms with Crippen LogP contribution in [0.15, 0.2) is 42.5 Å². The lowest BCUT2D eigenvalue weighted by Crippen LogP contribution is -2.17. The van der Waals surface area contributed by atoms with Crippen LogP contribution in [-0.2, 0) is 0 Å². The van der Waals surface area contributed by atoms with Crippen LogP contribution >= 0.6 is 0 Å². The number of hydrogen-bond donors (Lipinski definition) is 2. The van der Waals surface area contributed by atoms with Crippen molar-refractivity contribution in [1.82, 2.24) is 9.97 Å². The van der Waals surface area contributed by atoms with E-state index in [0.29, 0.717) is 5.69 Å². The predicted octanol–water partition coefficient (Wildman–Crippen LogP) is 4.68. The molecule has 3 aromatic rings. The van der Waals surface area contributed by atoms with Gasteiger partial charge in [-0.1, -0.05) is 18.2 Å². The normalized spacial score (nSPS) is 10.6. The van der Waals surface area contributed by atoms with Crippen LogP contribution in [0.25, 0.3) is 0 Å². The third-order valence-electron chi connectivity index (χ3n) is 4.14. The third-order valence-corrected chi connectivity index (χ3v) is 4.14. The summed E-state index contributed by atoms with van der Waals surface area (Å²) in [6.07, 6.45) is 0. The largest absolute Gasteiger partial charge is 0.324 e. The number of nitrogens with one attached hydrogen (secondary N) is 2. The molecule has 1 heterocycles. The number of amides is 1. The number of halogens is 2. The Morgan fingerprint density at radius 1 is 0.963 bits per heavy atom. The van der Waals surface area contributed by atoms with Crippen LogP contribution in [0.5, 0.6) is 0 Å². The van der Waals surface area contributed by atoms with E-state index in [1.54, 1.807) is 6.92 Å². The first-order valence-electron chi connectivity index (χ1n) is 8.29. The van der Waals surface area contributed by atoms with Gasteiger partial charge in [0.05, 0.1) is 0 Å². The van der Waals surface area contributed by atoms with E-state index in [4.69, 9.17) is 0 Å². The van der Waals surface area contributed by atoms with Gasteiger partial charge < -0.3 is 10.6 Å². The van der Waals surface area contributed by atoms with E-state index < -0.39 is 23.2 Å². The standard InChI is InChI=1S/C20H18F2N4O/c1-11-6-4-9-16(13(11)3)24-20-23-12(2)10-17(25-20)19(27)26-18-14(21)7-5-8-15(18)22/h4-10H,1-3H3,(H,26,27)(H,23,24,25). The summed E-state index contributed by atoms with van der Waals surface area (Å²) in [5, 5.41) is 5.31. The van der Waals surface area contributed by atoms with Crippen LogP contribution in [0.1, 0.15) is 27.3 Å². The van der Waals surface area contributed by atoms with Gasteiger partial charge in [0.1, 0.15) is 23.0 Å². The molecule has 1 aromatic heterocycles. The fourth-order valence-electron chi connectivity index (χ4n) is 2.54. The molecule has 0 radical (unpaired) electrons. The highest BCUT2D eigenvalue weighted by molar-refractivity contribution is 6.03. The Labute approximate surface area is 155 Å². The fourth-order valence-corrected chi connectivity index (χ4v) is 2.54. The Bertz CT molecular complexity index is 1000. The summed E-state index contributed by atoms with van der Waals surface area (Å²) in [6, 6.07) is 10.6. The molecule has 2 aromatic carbocycles. The molecule has 3 rings (SSSR count). The molecule has 0 bridgehead atoms. The van der Waals surface area contributed by atoms with Crippen molar-refractivity contribution in [2.24, 2.45) is 0 Å². The van der Waals surface area contributed by atoms with Crippen molar-refractivity contribution in [2.75, 3.05) is 10.6 Å². The second kappa shape index (κ2) is 7.49. The molecule has 0 atom stereocenters. The molecule has 27 heavy (non-hydrogen) atoms. The molecule has 2 N–H and O–H groups in total. The number of hydrogen-bond acceptors (Lipinski definition) is 4. The van der Waals surface area contributed by atoms with E-state index in [2.05, 4.69) is 20.6 Å². The Morgan fingerprint density at radius 3 is 2.33 bits per heavy atom. The number of rotatable bonds is 4. The SMILES string of the molecule is Cc1cc(C(=O)Nc2c(F)cccc2F)nc(Nc2cccc(C)c2C)n1. The topological polar surface area (TPSA) is 66.9 Å². The molecule has 0 saturated heterocycles. The summed E-state index contributed by atoms with van der Waals surface area (Å²) in [5.74, 6) is -2.22. The minimum atomic E-state index is -0.858. The van der Waals surface area contributed by atoms with E-state index in [0.717, 1.165) is 28.9 Å². The Kier molecular flexibility index (Phi) is 5.12. The average molecular weight is 368 g/mol. The molecule has 1 amide bonds. The molecule has 0 saturated carbocycles. The number of carbonyl (C=O) groups excluding carboxylic acids is 1. The molecule has 0 aliphatic rings. The van der Waals surface area contributed by atoms with Crippen molar-refractivity contribution in [3.8, 4) is 0 Å². The average Bonchev–Trinajstić information content (AvgIpc) is 2.61. The van der Waals surface area contributed by atoms with E-state index in [1.165, 1.54) is 12.1 Å². The number of carbonyl (C=O) groups is 1. The first kappa shape index (κ1) is 18.4. The van der Waals surface area contributed by atoms with Crippen LogP contribution in [0.4, 0.5) is 26.1 Å². The van der Waals surface area contributed by atoms with Gasteiger partial charge in [-0.3, -0.25) is 4.79 Å². The minimum Gasteiger partial charge on any atom is -0.324 e. The van der Waals surface area contributed by atoms with Crippen molar-refractivity contribution in [1.29, 1.82) is 0 Å². The first-order valence-corrected chi connectivity index (χ1v) is 8.29. The highest BCUT2D eigenvalue weighted by Crippen LogP contribution is 2.22. The predicted molar refractivity (Wildman–Crippen MR) is 100 cm³/mol. The first-order chi connectivity index (χ1) is 12.8. The monoisotopic (exact) mass is 368 g/mol. The van der Waals surface area contributed by atoms with Gasteiger partial charge in [-0.15, -0.1) is 0 Å². The molecule has 0 unspecified atom stereocenters. The third kappa shape index (κ3) is 4.08. The van der Waals surface area contributed by atoms with Crippen LogP contribution in [0.3, 0.4) is 0 Å². The van der Waals surface area contributed by atoms with E-state index >= 15 is 0 Å². The van der Waals surface area contributed by atoms with Crippen LogP contribution in [-0.4, -0.2) is 15.9 Å². The van der Waals surface area contributed by atoms with Crippen molar-refractivity contribution in [2.45, 2.75) is 20.8 Å². The van der Waals surface area contributed by atoms with Gasteiger partial charge in [-0.2, -0.15) is 0 Å². The number of benzene rings is 2. The van der Waals surface area contributed by atoms with Gasteiger partial charge in [0.15, 0.2) is 0 Å². The maximum absolute atomic E-state index is 13.8. The number of aryl methyl sites for hydroxylation is 2. The van der Waals surface area contributed by atoms with Crippen molar-refractivity contribution in [3.05, 3.63) is 76.6 Å². The van der Waals surface area contributed by atoms with Gasteiger partial charge in [0, 0.05) is 11.4 Å². The quantitative estimate of drug-likeness (QED) is 0.702. The number of para-hydroxylation sites is 1. The Morgan fingerprint density at radius 2 is 1.63 bits per heavy atom. The summed E-state index contributed by atoms with van der Waals surface area (Å²) < 4.78 is 27.5. The molecular formula is C20H18F2N4O. The smallest absolute Gasteiger partial charge is 0.274 e. The maximum Gasteiger partial charge on any atom is 0.274 e. The lowest BCUT2D eigenvalue weighted by atomic mass is 10.1. The zero-order valence-corrected chi connectivity index (χ0v) is 15.1. The summed E-state index contributed by atoms with van der Waals surface area (Å²) in [4.78, 5) is 20.9. The number of nitrogens with zero attached hydrogens (tertiary/aromatic N) is 2. The second-order valence-electron chi connectivity index (χ2n) is 6.14. The lowest BCUT2D eigenvalue weighted by molar-refractivity contribution is 0.102. The molecule has 138 valence electrons. The second-order valence-corrected chi connectivity index (χ2v) is 6.14. The summed E-state index contributed by atoms with van der Waals surface area (Å²) in [5.41, 5.74) is 2.97. The van der Waals surface area contributed by atoms with Gasteiger partial charge in [0.25, 0.3) is 5.91 Å². The number of anilines is 3. The lowest BCUT2D eigenvalue weighted by Gasteiger charge is -2.12. The molecular weight excluding hydrogens is 350 g/mol. The summed E-state index contributed by atoms with van der Waals surface area (Å²) in [7, 11) is 0. The van der Waals surface area contributed by atoms with Crippen molar-refractivity contribution in [3.63, 3.8) is 0 Å². The van der Waals surface area contributed by atoms with Gasteiger partial charge in [0.2, 0.25) is 5.95 Å². The van der Waals surface area contributed by atoms with Crippen molar-refractivity contribution >= 4 is 23.2 Å². The molecule has 0 aliphatic heterocycles. The van der Waals surface area contributed by atoms with Crippen LogP contribution in [0.2, 0.25) is 0 Å². The van der Waals surface area contributed by atoms with E-state index in [1.807, 2.05) is 32.0 Å². The zero-order valence-electron chi connectivity index (χ0n) is 15.1. The van der Waals surface area contributed by atoms with Gasteiger partial charge in [-0.25, -0.2) is 18.7 Å². The zero-order chi connectivity index (χ0) is 19.6. The highest BCUT2D eigenvalue weighted by Gasteiger charge is 2.16. The molecule has 0 spiro atoms. The van der Waals surface area contributed by atoms with Crippen LogP contribution in [0, 0.1) is 32.4 Å². The molecule has 5 nitrogen and oxygen atoms in total. The summed E-state index contributed by atoms with van der Waals surface area (Å²) >= 11 is 0. The molecule has 7 heteroatoms. The number of aromatic nitrogens is 2. The van der Waals surface area contributed by atoms with E-state index in [9.17, 15) is 13.6 Å². The fraction of sp³-hybridized carbons (Fsp3) is 0.150. The van der Waals surface area contributed by atoms with Gasteiger partial charge in [-0.05, 0) is 56.2 Å². The minimum absolute atomic E-state index is 0.00189. The maximum atomic E-state index is 13.8. The Balaban J connectivity index is 1.89.